The van der Waals surface area contributed by atoms with Crippen LogP contribution in [0.5, 0.6) is 0 Å². The van der Waals surface area contributed by atoms with Gasteiger partial charge in [0.25, 0.3) is 0 Å². The molecule has 2 atom stereocenters. The minimum atomic E-state index is 0.935. The molecular weight excluding hydrogens is 222 g/mol. The SMILES string of the molecule is CCNc1cccc(CN2CC3CCCC3C2)n1. The zero-order chi connectivity index (χ0) is 12.4. The summed E-state index contributed by atoms with van der Waals surface area (Å²) in [6.45, 7) is 6.64. The van der Waals surface area contributed by atoms with E-state index in [-0.39, 0.29) is 0 Å². The van der Waals surface area contributed by atoms with Gasteiger partial charge in [0.15, 0.2) is 0 Å². The predicted octanol–water partition coefficient (Wildman–Crippen LogP) is 2.75. The van der Waals surface area contributed by atoms with Crippen molar-refractivity contribution < 1.29 is 0 Å². The molecule has 1 aliphatic heterocycles. The third kappa shape index (κ3) is 2.51. The zero-order valence-corrected chi connectivity index (χ0v) is 11.2. The molecule has 18 heavy (non-hydrogen) atoms. The molecule has 1 saturated heterocycles. The number of hydrogen-bond acceptors (Lipinski definition) is 3. The summed E-state index contributed by atoms with van der Waals surface area (Å²) in [7, 11) is 0. The molecule has 1 saturated carbocycles. The molecule has 2 fully saturated rings. The second-order valence-corrected chi connectivity index (χ2v) is 5.69. The highest BCUT2D eigenvalue weighted by atomic mass is 15.2. The fourth-order valence-electron chi connectivity index (χ4n) is 3.54. The van der Waals surface area contributed by atoms with Crippen LogP contribution in [0.25, 0.3) is 0 Å². The molecule has 98 valence electrons. The summed E-state index contributed by atoms with van der Waals surface area (Å²) in [5.41, 5.74) is 1.20. The van der Waals surface area contributed by atoms with E-state index < -0.39 is 0 Å². The monoisotopic (exact) mass is 245 g/mol. The van der Waals surface area contributed by atoms with Crippen molar-refractivity contribution >= 4 is 5.82 Å². The highest BCUT2D eigenvalue weighted by Gasteiger charge is 2.35. The van der Waals surface area contributed by atoms with Gasteiger partial charge >= 0.3 is 0 Å². The Balaban J connectivity index is 1.61. The summed E-state index contributed by atoms with van der Waals surface area (Å²) in [4.78, 5) is 7.26. The van der Waals surface area contributed by atoms with Crippen LogP contribution in [0.1, 0.15) is 31.9 Å². The predicted molar refractivity (Wildman–Crippen MR) is 74.5 cm³/mol. The normalized spacial score (nSPS) is 27.4. The van der Waals surface area contributed by atoms with Crippen molar-refractivity contribution in [3.8, 4) is 0 Å². The molecule has 0 bridgehead atoms. The lowest BCUT2D eigenvalue weighted by Gasteiger charge is -2.16. The molecule has 1 aliphatic carbocycles. The van der Waals surface area contributed by atoms with Crippen LogP contribution in [-0.2, 0) is 6.54 Å². The Morgan fingerprint density at radius 2 is 2.06 bits per heavy atom. The van der Waals surface area contributed by atoms with Gasteiger partial charge in [-0.1, -0.05) is 12.5 Å². The van der Waals surface area contributed by atoms with Crippen LogP contribution >= 0.6 is 0 Å². The van der Waals surface area contributed by atoms with Crippen LogP contribution in [0.2, 0.25) is 0 Å². The summed E-state index contributed by atoms with van der Waals surface area (Å²) in [5.74, 6) is 2.96. The maximum Gasteiger partial charge on any atom is 0.126 e. The first kappa shape index (κ1) is 12.0. The molecule has 0 spiro atoms. The number of nitrogens with zero attached hydrogens (tertiary/aromatic N) is 2. The standard InChI is InChI=1S/C15H23N3/c1-2-16-15-8-4-7-14(17-15)11-18-9-12-5-3-6-13(12)10-18/h4,7-8,12-13H,2-3,5-6,9-11H2,1H3,(H,16,17). The first-order valence-corrected chi connectivity index (χ1v) is 7.27. The molecular formula is C15H23N3. The fourth-order valence-corrected chi connectivity index (χ4v) is 3.54. The Kier molecular flexibility index (Phi) is 3.50. The lowest BCUT2D eigenvalue weighted by Crippen LogP contribution is -2.21. The van der Waals surface area contributed by atoms with Crippen molar-refractivity contribution in [3.63, 3.8) is 0 Å². The molecule has 3 nitrogen and oxygen atoms in total. The number of aromatic nitrogens is 1. The van der Waals surface area contributed by atoms with E-state index in [1.165, 1.54) is 38.0 Å². The minimum Gasteiger partial charge on any atom is -0.370 e. The van der Waals surface area contributed by atoms with Gasteiger partial charge in [0.05, 0.1) is 5.69 Å². The molecule has 2 aliphatic rings. The quantitative estimate of drug-likeness (QED) is 0.884. The number of nitrogens with one attached hydrogen (secondary N) is 1. The van der Waals surface area contributed by atoms with Crippen LogP contribution in [-0.4, -0.2) is 29.5 Å². The number of anilines is 1. The van der Waals surface area contributed by atoms with E-state index in [0.717, 1.165) is 30.7 Å². The largest absolute Gasteiger partial charge is 0.370 e. The van der Waals surface area contributed by atoms with E-state index in [1.54, 1.807) is 0 Å². The Morgan fingerprint density at radius 1 is 1.28 bits per heavy atom. The Labute approximate surface area is 110 Å². The topological polar surface area (TPSA) is 28.2 Å². The third-order valence-corrected chi connectivity index (χ3v) is 4.35. The molecule has 3 heteroatoms. The Hall–Kier alpha value is -1.09. The number of hydrogen-bond donors (Lipinski definition) is 1. The van der Waals surface area contributed by atoms with Crippen molar-refractivity contribution in [1.29, 1.82) is 0 Å². The van der Waals surface area contributed by atoms with E-state index in [1.807, 2.05) is 6.07 Å². The highest BCUT2D eigenvalue weighted by molar-refractivity contribution is 5.35. The van der Waals surface area contributed by atoms with Crippen LogP contribution in [0.15, 0.2) is 18.2 Å². The maximum atomic E-state index is 4.67. The van der Waals surface area contributed by atoms with E-state index in [4.69, 9.17) is 0 Å². The van der Waals surface area contributed by atoms with Crippen molar-refractivity contribution in [3.05, 3.63) is 23.9 Å². The van der Waals surface area contributed by atoms with E-state index in [2.05, 4.69) is 34.3 Å². The van der Waals surface area contributed by atoms with Gasteiger partial charge in [0.2, 0.25) is 0 Å². The van der Waals surface area contributed by atoms with E-state index in [9.17, 15) is 0 Å². The summed E-state index contributed by atoms with van der Waals surface area (Å²) < 4.78 is 0. The molecule has 2 heterocycles. The van der Waals surface area contributed by atoms with Crippen LogP contribution in [0.3, 0.4) is 0 Å². The van der Waals surface area contributed by atoms with Gasteiger partial charge in [0.1, 0.15) is 5.82 Å². The van der Waals surface area contributed by atoms with Gasteiger partial charge in [0, 0.05) is 26.2 Å². The maximum absolute atomic E-state index is 4.67. The minimum absolute atomic E-state index is 0.935. The van der Waals surface area contributed by atoms with E-state index >= 15 is 0 Å². The van der Waals surface area contributed by atoms with Gasteiger partial charge in [-0.05, 0) is 43.7 Å². The lowest BCUT2D eigenvalue weighted by atomic mass is 10.0. The number of likely N-dealkylation sites (tertiary alicyclic amines) is 1. The Morgan fingerprint density at radius 3 is 2.78 bits per heavy atom. The molecule has 3 rings (SSSR count). The molecule has 0 radical (unpaired) electrons. The third-order valence-electron chi connectivity index (χ3n) is 4.35. The van der Waals surface area contributed by atoms with Crippen molar-refractivity contribution in [1.82, 2.24) is 9.88 Å². The van der Waals surface area contributed by atoms with Gasteiger partial charge < -0.3 is 5.32 Å². The Bertz CT molecular complexity index is 392. The fraction of sp³-hybridized carbons (Fsp3) is 0.667. The molecule has 1 N–H and O–H groups in total. The molecule has 0 aromatic carbocycles. The highest BCUT2D eigenvalue weighted by Crippen LogP contribution is 2.38. The first-order chi connectivity index (χ1) is 8.85. The zero-order valence-electron chi connectivity index (χ0n) is 11.2. The smallest absolute Gasteiger partial charge is 0.126 e. The summed E-state index contributed by atoms with van der Waals surface area (Å²) in [6, 6.07) is 6.30. The molecule has 0 amide bonds. The van der Waals surface area contributed by atoms with Crippen molar-refractivity contribution in [2.24, 2.45) is 11.8 Å². The number of fused-ring (bicyclic) bond motifs is 1. The van der Waals surface area contributed by atoms with Crippen molar-refractivity contribution in [2.75, 3.05) is 25.0 Å². The summed E-state index contributed by atoms with van der Waals surface area (Å²) in [5, 5.41) is 3.28. The molecule has 1 aromatic rings. The van der Waals surface area contributed by atoms with Gasteiger partial charge in [-0.25, -0.2) is 4.98 Å². The van der Waals surface area contributed by atoms with Gasteiger partial charge in [-0.2, -0.15) is 0 Å². The van der Waals surface area contributed by atoms with Gasteiger partial charge in [-0.15, -0.1) is 0 Å². The summed E-state index contributed by atoms with van der Waals surface area (Å²) in [6.07, 6.45) is 4.36. The molecule has 1 aromatic heterocycles. The average Bonchev–Trinajstić information content (AvgIpc) is 2.90. The number of pyridine rings is 1. The second kappa shape index (κ2) is 5.27. The second-order valence-electron chi connectivity index (χ2n) is 5.69. The van der Waals surface area contributed by atoms with Crippen LogP contribution < -0.4 is 5.32 Å². The lowest BCUT2D eigenvalue weighted by molar-refractivity contribution is 0.300. The average molecular weight is 245 g/mol. The van der Waals surface area contributed by atoms with E-state index in [0.29, 0.717) is 0 Å². The van der Waals surface area contributed by atoms with Crippen molar-refractivity contribution in [2.45, 2.75) is 32.7 Å². The molecule has 2 unspecified atom stereocenters. The van der Waals surface area contributed by atoms with Gasteiger partial charge in [-0.3, -0.25) is 4.90 Å². The van der Waals surface area contributed by atoms with Crippen LogP contribution in [0.4, 0.5) is 5.82 Å². The van der Waals surface area contributed by atoms with Crippen LogP contribution in [0, 0.1) is 11.8 Å². The number of rotatable bonds is 4. The summed E-state index contributed by atoms with van der Waals surface area (Å²) >= 11 is 0. The first-order valence-electron chi connectivity index (χ1n) is 7.27.